The van der Waals surface area contributed by atoms with Crippen molar-refractivity contribution in [1.29, 1.82) is 0 Å². The molecule has 0 radical (unpaired) electrons. The van der Waals surface area contributed by atoms with Crippen LogP contribution in [0.3, 0.4) is 0 Å². The molecule has 1 heterocycles. The molecule has 6 nitrogen and oxygen atoms in total. The summed E-state index contributed by atoms with van der Waals surface area (Å²) in [6, 6.07) is 10.7. The van der Waals surface area contributed by atoms with Crippen molar-refractivity contribution in [2.45, 2.75) is 72.4 Å². The Kier molecular flexibility index (Phi) is 10.9. The molecule has 1 aromatic carbocycles. The van der Waals surface area contributed by atoms with Gasteiger partial charge in [-0.25, -0.2) is 4.98 Å². The molecular weight excluding hydrogens is 406 g/mol. The number of hydrogen-bond donors (Lipinski definition) is 1. The van der Waals surface area contributed by atoms with Gasteiger partial charge in [0.25, 0.3) is 0 Å². The highest BCUT2D eigenvalue weighted by Crippen LogP contribution is 2.21. The first-order valence-electron chi connectivity index (χ1n) is 11.6. The first-order valence-corrected chi connectivity index (χ1v) is 12.3. The second kappa shape index (κ2) is 13.4. The van der Waals surface area contributed by atoms with Gasteiger partial charge in [-0.2, -0.15) is 4.37 Å². The number of anilines is 1. The van der Waals surface area contributed by atoms with Gasteiger partial charge in [0, 0.05) is 43.0 Å². The fourth-order valence-electron chi connectivity index (χ4n) is 3.59. The molecule has 0 fully saturated rings. The van der Waals surface area contributed by atoms with Gasteiger partial charge >= 0.3 is 0 Å². The third kappa shape index (κ3) is 8.95. The Bertz CT molecular complexity index is 760. The molecule has 1 N–H and O–H groups in total. The van der Waals surface area contributed by atoms with E-state index in [1.54, 1.807) is 0 Å². The molecule has 2 aromatic rings. The van der Waals surface area contributed by atoms with Crippen LogP contribution in [0.25, 0.3) is 0 Å². The number of nitrogens with zero attached hydrogens (tertiary/aromatic N) is 4. The third-order valence-electron chi connectivity index (χ3n) is 5.52. The smallest absolute Gasteiger partial charge is 0.221 e. The highest BCUT2D eigenvalue weighted by Gasteiger charge is 2.18. The Labute approximate surface area is 192 Å². The van der Waals surface area contributed by atoms with Gasteiger partial charge in [0.2, 0.25) is 11.0 Å². The van der Waals surface area contributed by atoms with E-state index in [2.05, 4.69) is 66.2 Å². The standard InChI is InChI=1S/C24H39N5OS/c1-6-28(7-2)16-11-12-20(5)25-23(30)15-17-29(19(3)4)24-26-22(27-31-24)18-21-13-9-8-10-14-21/h8-10,13-14,19-20H,6-7,11-12,15-18H2,1-5H3,(H,25,30). The van der Waals surface area contributed by atoms with Crippen LogP contribution in [-0.4, -0.2) is 58.4 Å². The quantitative estimate of drug-likeness (QED) is 0.468. The average Bonchev–Trinajstić information content (AvgIpc) is 3.19. The summed E-state index contributed by atoms with van der Waals surface area (Å²) >= 11 is 1.42. The molecule has 0 aliphatic heterocycles. The number of carbonyl (C=O) groups is 1. The van der Waals surface area contributed by atoms with Gasteiger partial charge in [-0.15, -0.1) is 0 Å². The van der Waals surface area contributed by atoms with Crippen molar-refractivity contribution in [3.8, 4) is 0 Å². The summed E-state index contributed by atoms with van der Waals surface area (Å²) in [4.78, 5) is 21.8. The summed E-state index contributed by atoms with van der Waals surface area (Å²) in [5.41, 5.74) is 1.21. The molecule has 0 aliphatic carbocycles. The number of benzene rings is 1. The Hall–Kier alpha value is -1.99. The normalized spacial score (nSPS) is 12.4. The predicted molar refractivity (Wildman–Crippen MR) is 131 cm³/mol. The minimum atomic E-state index is 0.106. The SMILES string of the molecule is CCN(CC)CCCC(C)NC(=O)CCN(c1nc(Cc2ccccc2)ns1)C(C)C. The van der Waals surface area contributed by atoms with Crippen LogP contribution in [0, 0.1) is 0 Å². The van der Waals surface area contributed by atoms with Crippen LogP contribution in [0.5, 0.6) is 0 Å². The van der Waals surface area contributed by atoms with E-state index < -0.39 is 0 Å². The zero-order chi connectivity index (χ0) is 22.6. The van der Waals surface area contributed by atoms with Gasteiger partial charge < -0.3 is 15.1 Å². The van der Waals surface area contributed by atoms with Crippen molar-refractivity contribution in [3.63, 3.8) is 0 Å². The summed E-state index contributed by atoms with van der Waals surface area (Å²) in [7, 11) is 0. The molecule has 2 rings (SSSR count). The molecule has 0 spiro atoms. The van der Waals surface area contributed by atoms with Crippen LogP contribution in [-0.2, 0) is 11.2 Å². The summed E-state index contributed by atoms with van der Waals surface area (Å²) in [5, 5.41) is 4.05. The Morgan fingerprint density at radius 3 is 2.45 bits per heavy atom. The van der Waals surface area contributed by atoms with E-state index >= 15 is 0 Å². The molecule has 0 saturated carbocycles. The minimum absolute atomic E-state index is 0.106. The zero-order valence-corrected chi connectivity index (χ0v) is 20.6. The van der Waals surface area contributed by atoms with Crippen LogP contribution in [0.2, 0.25) is 0 Å². The van der Waals surface area contributed by atoms with E-state index in [0.29, 0.717) is 13.0 Å². The lowest BCUT2D eigenvalue weighted by atomic mass is 10.1. The second-order valence-electron chi connectivity index (χ2n) is 8.33. The van der Waals surface area contributed by atoms with Crippen molar-refractivity contribution in [1.82, 2.24) is 19.6 Å². The number of nitrogens with one attached hydrogen (secondary N) is 1. The van der Waals surface area contributed by atoms with Crippen LogP contribution < -0.4 is 10.2 Å². The number of aromatic nitrogens is 2. The molecule has 1 aromatic heterocycles. The van der Waals surface area contributed by atoms with Gasteiger partial charge in [-0.3, -0.25) is 4.79 Å². The Balaban J connectivity index is 1.80. The largest absolute Gasteiger partial charge is 0.354 e. The number of carbonyl (C=O) groups excluding carboxylic acids is 1. The van der Waals surface area contributed by atoms with Crippen molar-refractivity contribution in [2.75, 3.05) is 31.1 Å². The number of rotatable bonds is 14. The zero-order valence-electron chi connectivity index (χ0n) is 19.8. The maximum atomic E-state index is 12.5. The summed E-state index contributed by atoms with van der Waals surface area (Å²) in [6.45, 7) is 14.7. The topological polar surface area (TPSA) is 61.4 Å². The van der Waals surface area contributed by atoms with E-state index in [0.717, 1.165) is 49.9 Å². The van der Waals surface area contributed by atoms with Gasteiger partial charge in [0.05, 0.1) is 0 Å². The second-order valence-corrected chi connectivity index (χ2v) is 9.06. The molecule has 7 heteroatoms. The highest BCUT2D eigenvalue weighted by atomic mass is 32.1. The maximum absolute atomic E-state index is 12.5. The summed E-state index contributed by atoms with van der Waals surface area (Å²) < 4.78 is 4.54. The first kappa shape index (κ1) is 25.3. The minimum Gasteiger partial charge on any atom is -0.354 e. The van der Waals surface area contributed by atoms with Gasteiger partial charge in [0.1, 0.15) is 5.82 Å². The van der Waals surface area contributed by atoms with Crippen LogP contribution in [0.4, 0.5) is 5.13 Å². The monoisotopic (exact) mass is 445 g/mol. The first-order chi connectivity index (χ1) is 14.9. The van der Waals surface area contributed by atoms with E-state index in [1.807, 2.05) is 18.2 Å². The lowest BCUT2D eigenvalue weighted by Gasteiger charge is -2.25. The number of hydrogen-bond acceptors (Lipinski definition) is 6. The molecule has 31 heavy (non-hydrogen) atoms. The summed E-state index contributed by atoms with van der Waals surface area (Å²) in [6.07, 6.45) is 3.31. The van der Waals surface area contributed by atoms with E-state index in [4.69, 9.17) is 4.98 Å². The molecule has 0 saturated heterocycles. The van der Waals surface area contributed by atoms with E-state index in [-0.39, 0.29) is 18.0 Å². The fourth-order valence-corrected chi connectivity index (χ4v) is 4.43. The van der Waals surface area contributed by atoms with Crippen LogP contribution in [0.1, 0.15) is 65.3 Å². The molecular formula is C24H39N5OS. The molecule has 172 valence electrons. The Morgan fingerprint density at radius 2 is 1.81 bits per heavy atom. The lowest BCUT2D eigenvalue weighted by Crippen LogP contribution is -2.38. The average molecular weight is 446 g/mol. The molecule has 1 unspecified atom stereocenters. The van der Waals surface area contributed by atoms with Crippen molar-refractivity contribution in [3.05, 3.63) is 41.7 Å². The van der Waals surface area contributed by atoms with Crippen molar-refractivity contribution in [2.24, 2.45) is 0 Å². The fraction of sp³-hybridized carbons (Fsp3) is 0.625. The third-order valence-corrected chi connectivity index (χ3v) is 6.32. The molecule has 0 bridgehead atoms. The highest BCUT2D eigenvalue weighted by molar-refractivity contribution is 7.09. The van der Waals surface area contributed by atoms with Gasteiger partial charge in [-0.1, -0.05) is 44.2 Å². The van der Waals surface area contributed by atoms with Crippen molar-refractivity contribution >= 4 is 22.6 Å². The Morgan fingerprint density at radius 1 is 1.10 bits per heavy atom. The van der Waals surface area contributed by atoms with Crippen LogP contribution >= 0.6 is 11.5 Å². The lowest BCUT2D eigenvalue weighted by molar-refractivity contribution is -0.121. The molecule has 0 aliphatic rings. The van der Waals surface area contributed by atoms with Crippen LogP contribution in [0.15, 0.2) is 30.3 Å². The molecule has 1 atom stereocenters. The van der Waals surface area contributed by atoms with E-state index in [9.17, 15) is 4.79 Å². The van der Waals surface area contributed by atoms with E-state index in [1.165, 1.54) is 17.1 Å². The summed E-state index contributed by atoms with van der Waals surface area (Å²) in [5.74, 6) is 0.943. The van der Waals surface area contributed by atoms with Gasteiger partial charge in [0.15, 0.2) is 0 Å². The molecule has 1 amide bonds. The van der Waals surface area contributed by atoms with Gasteiger partial charge in [-0.05, 0) is 58.8 Å². The maximum Gasteiger partial charge on any atom is 0.221 e. The number of amides is 1. The predicted octanol–water partition coefficient (Wildman–Crippen LogP) is 4.36. The van der Waals surface area contributed by atoms with Crippen molar-refractivity contribution < 1.29 is 4.79 Å².